The number of nitrogens with one attached hydrogen (secondary N) is 2. The molecule has 0 unspecified atom stereocenters. The maximum atomic E-state index is 11.1. The van der Waals surface area contributed by atoms with Gasteiger partial charge in [0.1, 0.15) is 0 Å². The molecular weight excluding hydrogens is 324 g/mol. The highest BCUT2D eigenvalue weighted by atomic mass is 35.5. The molecule has 1 rings (SSSR count). The van der Waals surface area contributed by atoms with Crippen LogP contribution in [-0.2, 0) is 19.2 Å². The lowest BCUT2D eigenvalue weighted by Crippen LogP contribution is -2.24. The quantitative estimate of drug-likeness (QED) is 0.485. The Bertz CT molecular complexity index is 650. The van der Waals surface area contributed by atoms with Crippen LogP contribution in [0.15, 0.2) is 12.1 Å². The van der Waals surface area contributed by atoms with E-state index in [-0.39, 0.29) is 0 Å². The molecule has 10 nitrogen and oxygen atoms in total. The number of benzene rings is 1. The molecule has 1 aromatic carbocycles. The molecule has 0 aliphatic heterocycles. The summed E-state index contributed by atoms with van der Waals surface area (Å²) < 4.78 is 0. The fraction of sp³-hybridized carbons (Fsp3) is 0. The van der Waals surface area contributed by atoms with Crippen molar-refractivity contribution in [1.82, 2.24) is 0 Å². The van der Waals surface area contributed by atoms with Gasteiger partial charge >= 0.3 is 29.7 Å². The number of aromatic carboxylic acids is 1. The number of hydrogen-bond donors (Lipinski definition) is 5. The van der Waals surface area contributed by atoms with Crippen molar-refractivity contribution < 1.29 is 39.3 Å². The SMILES string of the molecule is O=C(O)C(=O)Nc1cc(C(=O)O)cc(NC(=O)C(=O)O)c1Cl. The summed E-state index contributed by atoms with van der Waals surface area (Å²) >= 11 is 5.77. The molecule has 0 heterocycles. The molecule has 0 aliphatic carbocycles. The Morgan fingerprint density at radius 2 is 1.18 bits per heavy atom. The van der Waals surface area contributed by atoms with E-state index in [1.54, 1.807) is 0 Å². The Hall–Kier alpha value is -3.14. The Labute approximate surface area is 126 Å². The molecule has 2 amide bonds. The van der Waals surface area contributed by atoms with Gasteiger partial charge in [-0.05, 0) is 12.1 Å². The second-order valence-corrected chi connectivity index (χ2v) is 4.09. The summed E-state index contributed by atoms with van der Waals surface area (Å²) in [6.07, 6.45) is 0. The molecule has 0 aliphatic rings. The molecule has 0 bridgehead atoms. The van der Waals surface area contributed by atoms with Crippen LogP contribution in [0.1, 0.15) is 10.4 Å². The monoisotopic (exact) mass is 330 g/mol. The Kier molecular flexibility index (Phi) is 5.03. The molecule has 11 heteroatoms. The summed E-state index contributed by atoms with van der Waals surface area (Å²) in [5.74, 6) is -8.19. The van der Waals surface area contributed by atoms with Crippen molar-refractivity contribution in [2.24, 2.45) is 0 Å². The summed E-state index contributed by atoms with van der Waals surface area (Å²) in [7, 11) is 0. The van der Waals surface area contributed by atoms with Gasteiger partial charge in [-0.1, -0.05) is 11.6 Å². The van der Waals surface area contributed by atoms with Crippen LogP contribution in [0.2, 0.25) is 5.02 Å². The number of carboxylic acid groups (broad SMARTS) is 3. The number of halogens is 1. The minimum atomic E-state index is -1.85. The van der Waals surface area contributed by atoms with Crippen LogP contribution in [0, 0.1) is 0 Å². The van der Waals surface area contributed by atoms with Crippen molar-refractivity contribution in [2.45, 2.75) is 0 Å². The first-order valence-corrected chi connectivity index (χ1v) is 5.66. The number of carbonyl (C=O) groups is 5. The van der Waals surface area contributed by atoms with E-state index < -0.39 is 51.7 Å². The van der Waals surface area contributed by atoms with Crippen molar-refractivity contribution in [3.8, 4) is 0 Å². The molecule has 0 spiro atoms. The maximum absolute atomic E-state index is 11.1. The van der Waals surface area contributed by atoms with Gasteiger partial charge in [0, 0.05) is 0 Å². The zero-order valence-electron chi connectivity index (χ0n) is 10.4. The number of carboxylic acids is 3. The van der Waals surface area contributed by atoms with Gasteiger partial charge in [0.2, 0.25) is 0 Å². The van der Waals surface area contributed by atoms with E-state index in [0.29, 0.717) is 0 Å². The Morgan fingerprint density at radius 1 is 0.818 bits per heavy atom. The lowest BCUT2D eigenvalue weighted by Gasteiger charge is -2.11. The van der Waals surface area contributed by atoms with Gasteiger partial charge in [0.05, 0.1) is 22.0 Å². The summed E-state index contributed by atoms with van der Waals surface area (Å²) in [4.78, 5) is 54.1. The summed E-state index contributed by atoms with van der Waals surface area (Å²) in [6.45, 7) is 0. The molecule has 0 fully saturated rings. The molecular formula is C11H7ClN2O8. The van der Waals surface area contributed by atoms with E-state index in [1.165, 1.54) is 0 Å². The summed E-state index contributed by atoms with van der Waals surface area (Å²) in [6, 6.07) is 1.70. The molecule has 0 aromatic heterocycles. The second-order valence-electron chi connectivity index (χ2n) is 3.71. The minimum absolute atomic E-state index is 0.422. The van der Waals surface area contributed by atoms with E-state index >= 15 is 0 Å². The molecule has 1 aromatic rings. The van der Waals surface area contributed by atoms with Crippen LogP contribution >= 0.6 is 11.6 Å². The Balaban J connectivity index is 3.32. The molecule has 0 radical (unpaired) electrons. The molecule has 116 valence electrons. The van der Waals surface area contributed by atoms with Crippen LogP contribution < -0.4 is 10.6 Å². The number of hydrogen-bond acceptors (Lipinski definition) is 5. The number of rotatable bonds is 3. The Morgan fingerprint density at radius 3 is 1.45 bits per heavy atom. The van der Waals surface area contributed by atoms with Crippen LogP contribution in [0.5, 0.6) is 0 Å². The average molecular weight is 331 g/mol. The normalized spacial score (nSPS) is 9.68. The van der Waals surface area contributed by atoms with Gasteiger partial charge < -0.3 is 26.0 Å². The van der Waals surface area contributed by atoms with Crippen molar-refractivity contribution in [1.29, 1.82) is 0 Å². The number of anilines is 2. The van der Waals surface area contributed by atoms with Crippen LogP contribution in [-0.4, -0.2) is 45.0 Å². The standard InChI is InChI=1S/C11H7ClN2O8/c12-6-4(13-7(15)10(19)20)1-3(9(17)18)2-5(6)14-8(16)11(21)22/h1-2H,(H,13,15)(H,14,16)(H,17,18)(H,19,20)(H,21,22). The molecule has 0 atom stereocenters. The highest BCUT2D eigenvalue weighted by Gasteiger charge is 2.20. The predicted molar refractivity (Wildman–Crippen MR) is 70.9 cm³/mol. The maximum Gasteiger partial charge on any atom is 0.394 e. The molecule has 0 saturated heterocycles. The number of aliphatic carboxylic acids is 2. The third kappa shape index (κ3) is 3.93. The minimum Gasteiger partial charge on any atom is -0.478 e. The molecule has 22 heavy (non-hydrogen) atoms. The molecule has 5 N–H and O–H groups in total. The highest BCUT2D eigenvalue weighted by Crippen LogP contribution is 2.32. The van der Waals surface area contributed by atoms with Gasteiger partial charge in [-0.3, -0.25) is 9.59 Å². The van der Waals surface area contributed by atoms with Gasteiger partial charge in [-0.2, -0.15) is 0 Å². The van der Waals surface area contributed by atoms with Gasteiger partial charge in [-0.15, -0.1) is 0 Å². The second kappa shape index (κ2) is 6.54. The molecule has 0 saturated carbocycles. The lowest BCUT2D eigenvalue weighted by molar-refractivity contribution is -0.147. The van der Waals surface area contributed by atoms with Gasteiger partial charge in [-0.25, -0.2) is 14.4 Å². The third-order valence-corrected chi connectivity index (χ3v) is 2.61. The van der Waals surface area contributed by atoms with E-state index in [9.17, 15) is 24.0 Å². The predicted octanol–water partition coefficient (Wildman–Crippen LogP) is 0.0844. The van der Waals surface area contributed by atoms with E-state index in [4.69, 9.17) is 26.9 Å². The van der Waals surface area contributed by atoms with Crippen molar-refractivity contribution in [3.63, 3.8) is 0 Å². The topological polar surface area (TPSA) is 170 Å². The van der Waals surface area contributed by atoms with Crippen molar-refractivity contribution in [2.75, 3.05) is 10.6 Å². The van der Waals surface area contributed by atoms with Crippen LogP contribution in [0.25, 0.3) is 0 Å². The van der Waals surface area contributed by atoms with E-state index in [0.717, 1.165) is 12.1 Å². The third-order valence-electron chi connectivity index (χ3n) is 2.20. The lowest BCUT2D eigenvalue weighted by atomic mass is 10.1. The first-order chi connectivity index (χ1) is 10.1. The fourth-order valence-electron chi connectivity index (χ4n) is 1.28. The zero-order chi connectivity index (χ0) is 17.0. The van der Waals surface area contributed by atoms with Crippen molar-refractivity contribution in [3.05, 3.63) is 22.7 Å². The van der Waals surface area contributed by atoms with Crippen LogP contribution in [0.4, 0.5) is 11.4 Å². The largest absolute Gasteiger partial charge is 0.478 e. The fourth-order valence-corrected chi connectivity index (χ4v) is 1.49. The highest BCUT2D eigenvalue weighted by molar-refractivity contribution is 6.42. The average Bonchev–Trinajstić information content (AvgIpc) is 2.42. The summed E-state index contributed by atoms with van der Waals surface area (Å²) in [5.41, 5.74) is -1.31. The van der Waals surface area contributed by atoms with Gasteiger partial charge in [0.25, 0.3) is 0 Å². The van der Waals surface area contributed by atoms with Gasteiger partial charge in [0.15, 0.2) is 0 Å². The number of carbonyl (C=O) groups excluding carboxylic acids is 2. The smallest absolute Gasteiger partial charge is 0.394 e. The summed E-state index contributed by atoms with van der Waals surface area (Å²) in [5, 5.41) is 29.1. The number of amides is 2. The first-order valence-electron chi connectivity index (χ1n) is 5.29. The van der Waals surface area contributed by atoms with Crippen molar-refractivity contribution >= 4 is 52.7 Å². The van der Waals surface area contributed by atoms with Crippen LogP contribution in [0.3, 0.4) is 0 Å². The van der Waals surface area contributed by atoms with E-state index in [1.807, 2.05) is 10.6 Å². The van der Waals surface area contributed by atoms with E-state index in [2.05, 4.69) is 0 Å². The zero-order valence-corrected chi connectivity index (χ0v) is 11.2. The first kappa shape index (κ1) is 16.9.